The van der Waals surface area contributed by atoms with Gasteiger partial charge in [-0.05, 0) is 31.2 Å². The molecule has 20 heavy (non-hydrogen) atoms. The molecular weight excluding hydrogens is 306 g/mol. The monoisotopic (exact) mass is 321 g/mol. The first-order chi connectivity index (χ1) is 9.25. The largest absolute Gasteiger partial charge is 0.492 e. The van der Waals surface area contributed by atoms with E-state index in [0.29, 0.717) is 10.8 Å². The van der Waals surface area contributed by atoms with Gasteiger partial charge in [-0.2, -0.15) is 0 Å². The van der Waals surface area contributed by atoms with Crippen molar-refractivity contribution < 1.29 is 23.1 Å². The van der Waals surface area contributed by atoms with Gasteiger partial charge >= 0.3 is 5.97 Å². The normalized spacial score (nSPS) is 13.2. The first kappa shape index (κ1) is 16.7. The molecule has 0 amide bonds. The molecule has 1 aromatic rings. The predicted molar refractivity (Wildman–Crippen MR) is 75.6 cm³/mol. The molecule has 0 saturated heterocycles. The Kier molecular flexibility index (Phi) is 5.79. The van der Waals surface area contributed by atoms with Crippen LogP contribution >= 0.6 is 11.6 Å². The Hall–Kier alpha value is -1.31. The average molecular weight is 322 g/mol. The molecule has 1 rings (SSSR count). The topological polar surface area (TPSA) is 83.9 Å². The number of hydrogen-bond acceptors (Lipinski definition) is 4. The van der Waals surface area contributed by atoms with Crippen molar-refractivity contribution in [3.8, 4) is 5.75 Å². The summed E-state index contributed by atoms with van der Waals surface area (Å²) in [4.78, 5) is 10.7. The van der Waals surface area contributed by atoms with E-state index >= 15 is 0 Å². The minimum atomic E-state index is -3.87. The number of aliphatic carboxylic acids is 1. The molecule has 0 aliphatic carbocycles. The summed E-state index contributed by atoms with van der Waals surface area (Å²) in [6.07, 6.45) is 0. The molecule has 1 N–H and O–H groups in total. The number of carboxylic acid groups (broad SMARTS) is 1. The van der Waals surface area contributed by atoms with Crippen molar-refractivity contribution in [2.75, 3.05) is 20.2 Å². The van der Waals surface area contributed by atoms with Gasteiger partial charge in [-0.3, -0.25) is 4.79 Å². The first-order valence-corrected chi connectivity index (χ1v) is 7.69. The number of likely N-dealkylation sites (N-methyl/N-ethyl adjacent to an activating group) is 1. The summed E-state index contributed by atoms with van der Waals surface area (Å²) in [5.74, 6) is -0.818. The fraction of sp³-hybridized carbons (Fsp3) is 0.417. The summed E-state index contributed by atoms with van der Waals surface area (Å²) in [5.41, 5.74) is 0. The lowest BCUT2D eigenvalue weighted by molar-refractivity contribution is -0.136. The van der Waals surface area contributed by atoms with Crippen LogP contribution in [-0.4, -0.2) is 49.2 Å². The molecule has 0 saturated carbocycles. The number of halogens is 1. The number of carboxylic acids is 1. The van der Waals surface area contributed by atoms with Crippen LogP contribution in [-0.2, 0) is 14.8 Å². The molecule has 0 heterocycles. The zero-order chi connectivity index (χ0) is 15.3. The van der Waals surface area contributed by atoms with Crippen molar-refractivity contribution in [2.24, 2.45) is 0 Å². The first-order valence-electron chi connectivity index (χ1n) is 5.81. The lowest BCUT2D eigenvalue weighted by atomic mass is 10.3. The van der Waals surface area contributed by atoms with E-state index in [1.807, 2.05) is 0 Å². The van der Waals surface area contributed by atoms with Crippen LogP contribution in [0.4, 0.5) is 0 Å². The van der Waals surface area contributed by atoms with E-state index in [1.54, 1.807) is 24.3 Å². The molecule has 1 aromatic carbocycles. The van der Waals surface area contributed by atoms with Gasteiger partial charge in [0.05, 0.1) is 0 Å². The summed E-state index contributed by atoms with van der Waals surface area (Å²) < 4.78 is 30.0. The average Bonchev–Trinajstić information content (AvgIpc) is 2.39. The number of rotatable bonds is 7. The molecule has 0 aromatic heterocycles. The summed E-state index contributed by atoms with van der Waals surface area (Å²) in [6, 6.07) is 6.64. The SMILES string of the molecule is CC(C(=O)O)S(=O)(=O)N(C)CCOc1ccc(Cl)cc1. The molecule has 0 aliphatic rings. The second kappa shape index (κ2) is 6.92. The Labute approximate surface area is 123 Å². The Balaban J connectivity index is 2.53. The molecule has 1 unspecified atom stereocenters. The molecule has 0 aliphatic heterocycles. The quantitative estimate of drug-likeness (QED) is 0.821. The zero-order valence-electron chi connectivity index (χ0n) is 11.1. The van der Waals surface area contributed by atoms with Crippen LogP contribution in [0.25, 0.3) is 0 Å². The van der Waals surface area contributed by atoms with Gasteiger partial charge in [0, 0.05) is 18.6 Å². The van der Waals surface area contributed by atoms with Gasteiger partial charge in [-0.25, -0.2) is 12.7 Å². The van der Waals surface area contributed by atoms with Crippen molar-refractivity contribution in [3.05, 3.63) is 29.3 Å². The van der Waals surface area contributed by atoms with E-state index in [4.69, 9.17) is 21.4 Å². The van der Waals surface area contributed by atoms with E-state index in [0.717, 1.165) is 11.2 Å². The molecule has 6 nitrogen and oxygen atoms in total. The highest BCUT2D eigenvalue weighted by molar-refractivity contribution is 7.90. The second-order valence-corrected chi connectivity index (χ2v) is 6.95. The number of sulfonamides is 1. The molecular formula is C12H16ClNO5S. The number of hydrogen-bond donors (Lipinski definition) is 1. The Morgan fingerprint density at radius 1 is 1.40 bits per heavy atom. The Bertz CT molecular complexity index is 558. The molecule has 0 bridgehead atoms. The zero-order valence-corrected chi connectivity index (χ0v) is 12.7. The summed E-state index contributed by atoms with van der Waals surface area (Å²) >= 11 is 5.72. The third kappa shape index (κ3) is 4.36. The Morgan fingerprint density at radius 2 is 1.95 bits per heavy atom. The van der Waals surface area contributed by atoms with E-state index in [2.05, 4.69) is 0 Å². The van der Waals surface area contributed by atoms with Crippen LogP contribution in [0.3, 0.4) is 0 Å². The van der Waals surface area contributed by atoms with Crippen molar-refractivity contribution in [1.82, 2.24) is 4.31 Å². The molecule has 1 atom stereocenters. The van der Waals surface area contributed by atoms with Gasteiger partial charge < -0.3 is 9.84 Å². The van der Waals surface area contributed by atoms with Crippen molar-refractivity contribution >= 4 is 27.6 Å². The standard InChI is InChI=1S/C12H16ClNO5S/c1-9(12(15)16)20(17,18)14(2)7-8-19-11-5-3-10(13)4-6-11/h3-6,9H,7-8H2,1-2H3,(H,15,16). The number of ether oxygens (including phenoxy) is 1. The lowest BCUT2D eigenvalue weighted by Crippen LogP contribution is -2.40. The maximum Gasteiger partial charge on any atom is 0.323 e. The van der Waals surface area contributed by atoms with Crippen LogP contribution in [0, 0.1) is 0 Å². The predicted octanol–water partition coefficient (Wildman–Crippen LogP) is 1.45. The van der Waals surface area contributed by atoms with Crippen LogP contribution in [0.1, 0.15) is 6.92 Å². The minimum absolute atomic E-state index is 0.0581. The van der Waals surface area contributed by atoms with E-state index in [1.165, 1.54) is 7.05 Å². The van der Waals surface area contributed by atoms with Gasteiger partial charge in [-0.15, -0.1) is 0 Å². The number of benzene rings is 1. The molecule has 8 heteroatoms. The fourth-order valence-electron chi connectivity index (χ4n) is 1.35. The fourth-order valence-corrected chi connectivity index (χ4v) is 2.60. The van der Waals surface area contributed by atoms with Crippen molar-refractivity contribution in [3.63, 3.8) is 0 Å². The van der Waals surface area contributed by atoms with Gasteiger partial charge in [-0.1, -0.05) is 11.6 Å². The molecule has 0 spiro atoms. The van der Waals surface area contributed by atoms with E-state index in [9.17, 15) is 13.2 Å². The molecule has 112 valence electrons. The smallest absolute Gasteiger partial charge is 0.323 e. The summed E-state index contributed by atoms with van der Waals surface area (Å²) in [5, 5.41) is 7.84. The Morgan fingerprint density at radius 3 is 2.45 bits per heavy atom. The summed E-state index contributed by atoms with van der Waals surface area (Å²) in [7, 11) is -2.55. The van der Waals surface area contributed by atoms with Gasteiger partial charge in [0.2, 0.25) is 10.0 Å². The van der Waals surface area contributed by atoms with Gasteiger partial charge in [0.25, 0.3) is 0 Å². The molecule has 0 fully saturated rings. The number of carbonyl (C=O) groups is 1. The van der Waals surface area contributed by atoms with Crippen molar-refractivity contribution in [1.29, 1.82) is 0 Å². The third-order valence-corrected chi connectivity index (χ3v) is 5.12. The highest BCUT2D eigenvalue weighted by Gasteiger charge is 2.31. The maximum absolute atomic E-state index is 11.8. The van der Waals surface area contributed by atoms with Crippen molar-refractivity contribution in [2.45, 2.75) is 12.2 Å². The van der Waals surface area contributed by atoms with E-state index < -0.39 is 21.2 Å². The molecule has 0 radical (unpaired) electrons. The van der Waals surface area contributed by atoms with Crippen LogP contribution in [0.2, 0.25) is 5.02 Å². The van der Waals surface area contributed by atoms with E-state index in [-0.39, 0.29) is 13.2 Å². The number of nitrogens with zero attached hydrogens (tertiary/aromatic N) is 1. The lowest BCUT2D eigenvalue weighted by Gasteiger charge is -2.19. The van der Waals surface area contributed by atoms with Crippen LogP contribution in [0.5, 0.6) is 5.75 Å². The highest BCUT2D eigenvalue weighted by Crippen LogP contribution is 2.15. The minimum Gasteiger partial charge on any atom is -0.492 e. The van der Waals surface area contributed by atoms with Crippen LogP contribution in [0.15, 0.2) is 24.3 Å². The maximum atomic E-state index is 11.8. The third-order valence-electron chi connectivity index (χ3n) is 2.72. The van der Waals surface area contributed by atoms with Crippen LogP contribution < -0.4 is 4.74 Å². The highest BCUT2D eigenvalue weighted by atomic mass is 35.5. The second-order valence-electron chi connectivity index (χ2n) is 4.15. The van der Waals surface area contributed by atoms with Gasteiger partial charge in [0.1, 0.15) is 12.4 Å². The summed E-state index contributed by atoms with van der Waals surface area (Å²) in [6.45, 7) is 1.31. The van der Waals surface area contributed by atoms with Gasteiger partial charge in [0.15, 0.2) is 5.25 Å².